The van der Waals surface area contributed by atoms with Crippen molar-refractivity contribution in [1.82, 2.24) is 10.2 Å². The Morgan fingerprint density at radius 3 is 2.65 bits per heavy atom. The molecule has 0 spiro atoms. The number of hydrogen-bond donors (Lipinski definition) is 1. The van der Waals surface area contributed by atoms with E-state index < -0.39 is 11.9 Å². The number of rotatable bonds is 10. The van der Waals surface area contributed by atoms with E-state index in [4.69, 9.17) is 4.74 Å². The molecular weight excluding hydrogens is 415 g/mol. The third-order valence-corrected chi connectivity index (χ3v) is 6.45. The summed E-state index contributed by atoms with van der Waals surface area (Å²) in [6.45, 7) is 3.26. The second kappa shape index (κ2) is 12.0. The molecule has 1 saturated carbocycles. The van der Waals surface area contributed by atoms with Gasteiger partial charge in [0.1, 0.15) is 11.9 Å². The van der Waals surface area contributed by atoms with Crippen molar-refractivity contribution in [2.24, 2.45) is 0 Å². The van der Waals surface area contributed by atoms with E-state index in [-0.39, 0.29) is 23.4 Å². The Labute approximate surface area is 187 Å². The van der Waals surface area contributed by atoms with Gasteiger partial charge in [-0.1, -0.05) is 43.5 Å². The summed E-state index contributed by atoms with van der Waals surface area (Å²) in [5, 5.41) is 4.92. The van der Waals surface area contributed by atoms with E-state index >= 15 is 0 Å². The Morgan fingerprint density at radius 1 is 1.19 bits per heavy atom. The van der Waals surface area contributed by atoms with Crippen molar-refractivity contribution in [2.45, 2.75) is 57.5 Å². The van der Waals surface area contributed by atoms with Crippen molar-refractivity contribution in [1.29, 1.82) is 0 Å². The van der Waals surface area contributed by atoms with Gasteiger partial charge in [0, 0.05) is 31.4 Å². The smallest absolute Gasteiger partial charge is 0.264 e. The van der Waals surface area contributed by atoms with Gasteiger partial charge in [-0.15, -0.1) is 11.3 Å². The quantitative estimate of drug-likeness (QED) is 0.526. The summed E-state index contributed by atoms with van der Waals surface area (Å²) in [5.41, 5.74) is 0.220. The molecule has 7 heteroatoms. The van der Waals surface area contributed by atoms with Crippen LogP contribution in [-0.4, -0.2) is 42.5 Å². The number of halogens is 1. The molecule has 1 aromatic carbocycles. The number of nitrogens with one attached hydrogen (secondary N) is 1. The second-order valence-corrected chi connectivity index (χ2v) is 8.74. The molecule has 1 heterocycles. The number of benzene rings is 1. The first-order valence-corrected chi connectivity index (χ1v) is 12.0. The molecule has 0 bridgehead atoms. The molecule has 1 aliphatic carbocycles. The van der Waals surface area contributed by atoms with Gasteiger partial charge in [0.05, 0.1) is 4.88 Å². The average Bonchev–Trinajstić information content (AvgIpc) is 3.32. The summed E-state index contributed by atoms with van der Waals surface area (Å²) in [6.07, 6.45) is 5.71. The number of carbonyl (C=O) groups excluding carboxylic acids is 2. The van der Waals surface area contributed by atoms with Crippen LogP contribution >= 0.6 is 11.3 Å². The molecule has 1 N–H and O–H groups in total. The van der Waals surface area contributed by atoms with Crippen LogP contribution in [0.4, 0.5) is 4.39 Å². The van der Waals surface area contributed by atoms with Crippen molar-refractivity contribution < 1.29 is 18.7 Å². The van der Waals surface area contributed by atoms with Crippen LogP contribution in [0.15, 0.2) is 41.8 Å². The van der Waals surface area contributed by atoms with E-state index in [1.807, 2.05) is 12.3 Å². The molecular formula is C24H31FN2O3S. The molecule has 31 heavy (non-hydrogen) atoms. The van der Waals surface area contributed by atoms with E-state index in [0.29, 0.717) is 31.1 Å². The molecule has 0 unspecified atom stereocenters. The van der Waals surface area contributed by atoms with E-state index in [1.54, 1.807) is 30.3 Å². The number of carbonyl (C=O) groups is 2. The van der Waals surface area contributed by atoms with Gasteiger partial charge in [0.15, 0.2) is 0 Å². The van der Waals surface area contributed by atoms with Gasteiger partial charge >= 0.3 is 0 Å². The minimum absolute atomic E-state index is 0.0673. The number of ether oxygens (including phenoxy) is 1. The largest absolute Gasteiger partial charge is 0.382 e. The van der Waals surface area contributed by atoms with Gasteiger partial charge in [-0.25, -0.2) is 4.39 Å². The predicted molar refractivity (Wildman–Crippen MR) is 121 cm³/mol. The highest BCUT2D eigenvalue weighted by atomic mass is 32.1. The van der Waals surface area contributed by atoms with Crippen LogP contribution in [0.25, 0.3) is 0 Å². The molecule has 0 aliphatic heterocycles. The lowest BCUT2D eigenvalue weighted by molar-refractivity contribution is -0.127. The predicted octanol–water partition coefficient (Wildman–Crippen LogP) is 4.95. The normalized spacial score (nSPS) is 15.4. The summed E-state index contributed by atoms with van der Waals surface area (Å²) in [6, 6.07) is 8.80. The summed E-state index contributed by atoms with van der Waals surface area (Å²) in [4.78, 5) is 28.9. The summed E-state index contributed by atoms with van der Waals surface area (Å²) in [7, 11) is 0. The van der Waals surface area contributed by atoms with Gasteiger partial charge in [0.25, 0.3) is 5.91 Å². The molecule has 0 saturated heterocycles. The minimum Gasteiger partial charge on any atom is -0.382 e. The highest BCUT2D eigenvalue weighted by Crippen LogP contribution is 2.28. The first-order valence-electron chi connectivity index (χ1n) is 11.1. The maximum absolute atomic E-state index is 14.8. The van der Waals surface area contributed by atoms with Crippen molar-refractivity contribution in [2.75, 3.05) is 19.8 Å². The van der Waals surface area contributed by atoms with Crippen molar-refractivity contribution >= 4 is 23.2 Å². The third kappa shape index (κ3) is 6.37. The van der Waals surface area contributed by atoms with Gasteiger partial charge in [0.2, 0.25) is 5.91 Å². The fourth-order valence-corrected chi connectivity index (χ4v) is 4.72. The molecule has 1 atom stereocenters. The summed E-state index contributed by atoms with van der Waals surface area (Å²) >= 11 is 1.32. The van der Waals surface area contributed by atoms with Crippen molar-refractivity contribution in [3.63, 3.8) is 0 Å². The molecule has 1 fully saturated rings. The maximum atomic E-state index is 14.8. The zero-order valence-electron chi connectivity index (χ0n) is 18.0. The third-order valence-electron chi connectivity index (χ3n) is 5.60. The molecule has 5 nitrogen and oxygen atoms in total. The second-order valence-electron chi connectivity index (χ2n) is 7.79. The molecule has 2 amide bonds. The molecule has 2 aromatic rings. The highest BCUT2D eigenvalue weighted by molar-refractivity contribution is 7.12. The monoisotopic (exact) mass is 446 g/mol. The molecule has 1 aliphatic rings. The number of thiophene rings is 1. The fourth-order valence-electron chi connectivity index (χ4n) is 4.05. The van der Waals surface area contributed by atoms with Crippen LogP contribution in [-0.2, 0) is 9.53 Å². The summed E-state index contributed by atoms with van der Waals surface area (Å²) in [5.74, 6) is -1.07. The summed E-state index contributed by atoms with van der Waals surface area (Å²) < 4.78 is 20.3. The van der Waals surface area contributed by atoms with Crippen LogP contribution in [0.1, 0.15) is 66.7 Å². The van der Waals surface area contributed by atoms with Crippen LogP contribution in [0, 0.1) is 5.82 Å². The number of amides is 2. The van der Waals surface area contributed by atoms with Crippen molar-refractivity contribution in [3.8, 4) is 0 Å². The van der Waals surface area contributed by atoms with Gasteiger partial charge in [-0.2, -0.15) is 0 Å². The van der Waals surface area contributed by atoms with Crippen LogP contribution in [0.5, 0.6) is 0 Å². The SMILES string of the molecule is CCOCCCN(C(=O)c1cccs1)[C@H](C(=O)NC1CCCCC1)c1ccccc1F. The highest BCUT2D eigenvalue weighted by Gasteiger charge is 2.35. The Morgan fingerprint density at radius 2 is 1.97 bits per heavy atom. The van der Waals surface area contributed by atoms with Crippen LogP contribution in [0.2, 0.25) is 0 Å². The fraction of sp³-hybridized carbons (Fsp3) is 0.500. The Balaban J connectivity index is 1.91. The molecule has 0 radical (unpaired) electrons. The molecule has 168 valence electrons. The van der Waals surface area contributed by atoms with Gasteiger partial charge < -0.3 is 15.0 Å². The first-order chi connectivity index (χ1) is 15.1. The lowest BCUT2D eigenvalue weighted by Gasteiger charge is -2.33. The Bertz CT molecular complexity index is 837. The van der Waals surface area contributed by atoms with E-state index in [1.165, 1.54) is 28.7 Å². The van der Waals surface area contributed by atoms with Crippen molar-refractivity contribution in [3.05, 3.63) is 58.0 Å². The molecule has 1 aromatic heterocycles. The first kappa shape index (κ1) is 23.4. The zero-order valence-corrected chi connectivity index (χ0v) is 18.8. The standard InChI is InChI=1S/C24H31FN2O3S/c1-2-30-16-9-15-27(24(29)21-14-8-17-31-21)22(19-12-6-7-13-20(19)25)23(28)26-18-10-4-3-5-11-18/h6-8,12-14,17-18,22H,2-5,9-11,15-16H2,1H3,(H,26,28)/t22-/m0/s1. The topological polar surface area (TPSA) is 58.6 Å². The number of nitrogens with zero attached hydrogens (tertiary/aromatic N) is 1. The van der Waals surface area contributed by atoms with E-state index in [2.05, 4.69) is 5.32 Å². The van der Waals surface area contributed by atoms with E-state index in [0.717, 1.165) is 25.7 Å². The minimum atomic E-state index is -1.03. The van der Waals surface area contributed by atoms with Gasteiger partial charge in [-0.05, 0) is 43.7 Å². The maximum Gasteiger partial charge on any atom is 0.264 e. The molecule has 3 rings (SSSR count). The van der Waals surface area contributed by atoms with Crippen LogP contribution in [0.3, 0.4) is 0 Å². The zero-order chi connectivity index (χ0) is 22.1. The van der Waals surface area contributed by atoms with E-state index in [9.17, 15) is 14.0 Å². The lowest BCUT2D eigenvalue weighted by atomic mass is 9.94. The average molecular weight is 447 g/mol. The Hall–Kier alpha value is -2.25. The number of hydrogen-bond acceptors (Lipinski definition) is 4. The Kier molecular flexibility index (Phi) is 9.03. The van der Waals surface area contributed by atoms with Crippen LogP contribution < -0.4 is 5.32 Å². The lowest BCUT2D eigenvalue weighted by Crippen LogP contribution is -2.47. The van der Waals surface area contributed by atoms with Gasteiger partial charge in [-0.3, -0.25) is 9.59 Å².